The van der Waals surface area contributed by atoms with Crippen molar-refractivity contribution in [2.75, 3.05) is 23.5 Å². The number of hydrogen-bond donors (Lipinski definition) is 1. The van der Waals surface area contributed by atoms with Crippen LogP contribution in [0.3, 0.4) is 0 Å². The number of para-hydroxylation sites is 1. The Balaban J connectivity index is 1.46. The SMILES string of the molecule is CSc1ccc(C2Nc3ccc(C(=O)N(C)c4ccccc4)cc3C3C=CCC32)cc1. The summed E-state index contributed by atoms with van der Waals surface area (Å²) in [5, 5.41) is 3.78. The highest BCUT2D eigenvalue weighted by Gasteiger charge is 2.38. The van der Waals surface area contributed by atoms with Gasteiger partial charge in [-0.05, 0) is 72.2 Å². The highest BCUT2D eigenvalue weighted by molar-refractivity contribution is 7.98. The largest absolute Gasteiger partial charge is 0.378 e. The lowest BCUT2D eigenvalue weighted by Gasteiger charge is -2.38. The van der Waals surface area contributed by atoms with E-state index >= 15 is 0 Å². The van der Waals surface area contributed by atoms with Crippen LogP contribution in [0, 0.1) is 5.92 Å². The maximum Gasteiger partial charge on any atom is 0.258 e. The lowest BCUT2D eigenvalue weighted by atomic mass is 9.76. The monoisotopic (exact) mass is 426 g/mol. The maximum atomic E-state index is 13.2. The second kappa shape index (κ2) is 8.27. The van der Waals surface area contributed by atoms with Gasteiger partial charge in [-0.2, -0.15) is 0 Å². The van der Waals surface area contributed by atoms with Gasteiger partial charge in [-0.1, -0.05) is 42.5 Å². The summed E-state index contributed by atoms with van der Waals surface area (Å²) in [7, 11) is 1.84. The summed E-state index contributed by atoms with van der Waals surface area (Å²) in [4.78, 5) is 16.2. The Hall–Kier alpha value is -2.98. The van der Waals surface area contributed by atoms with Crippen molar-refractivity contribution >= 4 is 29.0 Å². The number of rotatable bonds is 4. The number of nitrogens with one attached hydrogen (secondary N) is 1. The molecule has 1 heterocycles. The fourth-order valence-electron chi connectivity index (χ4n) is 4.83. The number of benzene rings is 3. The zero-order chi connectivity index (χ0) is 21.4. The number of amides is 1. The molecule has 0 fully saturated rings. The van der Waals surface area contributed by atoms with Gasteiger partial charge in [0.05, 0.1) is 6.04 Å². The molecule has 1 amide bonds. The lowest BCUT2D eigenvalue weighted by Crippen LogP contribution is -2.30. The first kappa shape index (κ1) is 20.0. The van der Waals surface area contributed by atoms with Crippen LogP contribution < -0.4 is 10.2 Å². The van der Waals surface area contributed by atoms with E-state index in [1.807, 2.05) is 43.4 Å². The molecule has 3 aromatic rings. The van der Waals surface area contributed by atoms with Crippen molar-refractivity contribution < 1.29 is 4.79 Å². The lowest BCUT2D eigenvalue weighted by molar-refractivity contribution is 0.0993. The predicted molar refractivity (Wildman–Crippen MR) is 130 cm³/mol. The normalized spacial score (nSPS) is 21.2. The number of anilines is 2. The molecule has 3 nitrogen and oxygen atoms in total. The van der Waals surface area contributed by atoms with E-state index < -0.39 is 0 Å². The van der Waals surface area contributed by atoms with Crippen LogP contribution in [0.4, 0.5) is 11.4 Å². The van der Waals surface area contributed by atoms with Gasteiger partial charge in [0.15, 0.2) is 0 Å². The van der Waals surface area contributed by atoms with Crippen LogP contribution in [0.5, 0.6) is 0 Å². The third-order valence-corrected chi connectivity index (χ3v) is 7.28. The highest BCUT2D eigenvalue weighted by Crippen LogP contribution is 2.50. The Bertz CT molecular complexity index is 1120. The van der Waals surface area contributed by atoms with Crippen LogP contribution in [-0.2, 0) is 0 Å². The summed E-state index contributed by atoms with van der Waals surface area (Å²) in [6, 6.07) is 25.1. The van der Waals surface area contributed by atoms with E-state index in [0.717, 1.165) is 23.4 Å². The molecule has 31 heavy (non-hydrogen) atoms. The molecule has 0 saturated carbocycles. The molecule has 156 valence electrons. The Labute approximate surface area is 188 Å². The zero-order valence-corrected chi connectivity index (χ0v) is 18.6. The molecule has 3 atom stereocenters. The van der Waals surface area contributed by atoms with Crippen molar-refractivity contribution in [3.63, 3.8) is 0 Å². The molecule has 1 aliphatic carbocycles. The molecule has 0 spiro atoms. The van der Waals surface area contributed by atoms with Crippen molar-refractivity contribution in [1.82, 2.24) is 0 Å². The van der Waals surface area contributed by atoms with Gasteiger partial charge in [-0.3, -0.25) is 4.79 Å². The van der Waals surface area contributed by atoms with E-state index in [-0.39, 0.29) is 11.9 Å². The molecule has 0 aromatic heterocycles. The number of carbonyl (C=O) groups is 1. The molecule has 3 unspecified atom stereocenters. The average molecular weight is 427 g/mol. The number of nitrogens with zero attached hydrogens (tertiary/aromatic N) is 1. The minimum atomic E-state index is 0.0160. The van der Waals surface area contributed by atoms with Crippen LogP contribution in [0.15, 0.2) is 89.8 Å². The van der Waals surface area contributed by atoms with E-state index in [0.29, 0.717) is 11.8 Å². The summed E-state index contributed by atoms with van der Waals surface area (Å²) in [5.74, 6) is 0.809. The van der Waals surface area contributed by atoms with Crippen molar-refractivity contribution in [2.24, 2.45) is 5.92 Å². The van der Waals surface area contributed by atoms with Gasteiger partial charge in [0, 0.05) is 34.8 Å². The molecule has 5 rings (SSSR count). The fourth-order valence-corrected chi connectivity index (χ4v) is 5.24. The van der Waals surface area contributed by atoms with Crippen LogP contribution in [0.25, 0.3) is 0 Å². The molecule has 1 N–H and O–H groups in total. The van der Waals surface area contributed by atoms with Crippen molar-refractivity contribution in [3.05, 3.63) is 102 Å². The smallest absolute Gasteiger partial charge is 0.258 e. The number of fused-ring (bicyclic) bond motifs is 3. The number of carbonyl (C=O) groups excluding carboxylic acids is 1. The Kier molecular flexibility index (Phi) is 5.33. The summed E-state index contributed by atoms with van der Waals surface area (Å²) in [5.41, 5.74) is 5.31. The third-order valence-electron chi connectivity index (χ3n) is 6.53. The van der Waals surface area contributed by atoms with Gasteiger partial charge in [-0.15, -0.1) is 11.8 Å². The first-order chi connectivity index (χ1) is 15.2. The molecular weight excluding hydrogens is 400 g/mol. The minimum Gasteiger partial charge on any atom is -0.378 e. The Morgan fingerprint density at radius 2 is 1.81 bits per heavy atom. The topological polar surface area (TPSA) is 32.3 Å². The van der Waals surface area contributed by atoms with Gasteiger partial charge >= 0.3 is 0 Å². The predicted octanol–water partition coefficient (Wildman–Crippen LogP) is 6.51. The molecule has 4 heteroatoms. The van der Waals surface area contributed by atoms with Crippen LogP contribution in [-0.4, -0.2) is 19.2 Å². The van der Waals surface area contributed by atoms with Gasteiger partial charge < -0.3 is 10.2 Å². The minimum absolute atomic E-state index is 0.0160. The van der Waals surface area contributed by atoms with Gasteiger partial charge in [0.2, 0.25) is 0 Å². The zero-order valence-electron chi connectivity index (χ0n) is 17.8. The molecule has 2 aliphatic rings. The van der Waals surface area contributed by atoms with Crippen LogP contribution in [0.2, 0.25) is 0 Å². The summed E-state index contributed by atoms with van der Waals surface area (Å²) < 4.78 is 0. The molecule has 3 aromatic carbocycles. The van der Waals surface area contributed by atoms with E-state index in [1.54, 1.807) is 16.7 Å². The average Bonchev–Trinajstić information content (AvgIpc) is 3.33. The highest BCUT2D eigenvalue weighted by atomic mass is 32.2. The first-order valence-electron chi connectivity index (χ1n) is 10.7. The van der Waals surface area contributed by atoms with E-state index in [1.165, 1.54) is 16.0 Å². The van der Waals surface area contributed by atoms with Gasteiger partial charge in [0.25, 0.3) is 5.91 Å². The molecule has 0 radical (unpaired) electrons. The molecule has 0 saturated heterocycles. The second-order valence-electron chi connectivity index (χ2n) is 8.25. The van der Waals surface area contributed by atoms with Gasteiger partial charge in [-0.25, -0.2) is 0 Å². The van der Waals surface area contributed by atoms with Crippen molar-refractivity contribution in [1.29, 1.82) is 0 Å². The Morgan fingerprint density at radius 1 is 1.03 bits per heavy atom. The Morgan fingerprint density at radius 3 is 2.55 bits per heavy atom. The number of hydrogen-bond acceptors (Lipinski definition) is 3. The summed E-state index contributed by atoms with van der Waals surface area (Å²) in [6.07, 6.45) is 7.77. The second-order valence-corrected chi connectivity index (χ2v) is 9.13. The number of allylic oxidation sites excluding steroid dienone is 2. The van der Waals surface area contributed by atoms with Gasteiger partial charge in [0.1, 0.15) is 0 Å². The molecule has 0 bridgehead atoms. The summed E-state index contributed by atoms with van der Waals surface area (Å²) >= 11 is 1.77. The van der Waals surface area contributed by atoms with Crippen molar-refractivity contribution in [2.45, 2.75) is 23.3 Å². The maximum absolute atomic E-state index is 13.2. The quantitative estimate of drug-likeness (QED) is 0.381. The van der Waals surface area contributed by atoms with E-state index in [4.69, 9.17) is 0 Å². The molecule has 1 aliphatic heterocycles. The number of thioether (sulfide) groups is 1. The first-order valence-corrected chi connectivity index (χ1v) is 11.9. The summed E-state index contributed by atoms with van der Waals surface area (Å²) in [6.45, 7) is 0. The fraction of sp³-hybridized carbons (Fsp3) is 0.222. The van der Waals surface area contributed by atoms with Crippen LogP contribution in [0.1, 0.15) is 39.9 Å². The standard InChI is InChI=1S/C27H26N2OS/c1-29(20-7-4-3-5-8-20)27(30)19-13-16-25-24(17-19)22-9-6-10-23(22)26(28-25)18-11-14-21(31-2)15-12-18/h3-9,11-17,22-23,26,28H,10H2,1-2H3. The van der Waals surface area contributed by atoms with Crippen molar-refractivity contribution in [3.8, 4) is 0 Å². The molecular formula is C27H26N2OS. The van der Waals surface area contributed by atoms with E-state index in [9.17, 15) is 4.79 Å². The van der Waals surface area contributed by atoms with Crippen LogP contribution >= 0.6 is 11.8 Å². The third kappa shape index (κ3) is 3.66. The van der Waals surface area contributed by atoms with E-state index in [2.05, 4.69) is 60.1 Å².